The highest BCUT2D eigenvalue weighted by atomic mass is 32.1. The summed E-state index contributed by atoms with van der Waals surface area (Å²) in [5, 5.41) is 4.43. The number of benzene rings is 1. The molecule has 0 radical (unpaired) electrons. The van der Waals surface area contributed by atoms with Crippen molar-refractivity contribution in [1.29, 1.82) is 0 Å². The average Bonchev–Trinajstić information content (AvgIpc) is 2.59. The number of oxime groups is 1. The maximum atomic E-state index is 5.47. The lowest BCUT2D eigenvalue weighted by molar-refractivity contribution is 0.00902. The van der Waals surface area contributed by atoms with Crippen LogP contribution >= 0.6 is 12.6 Å². The van der Waals surface area contributed by atoms with Crippen LogP contribution in [-0.4, -0.2) is 49.1 Å². The minimum Gasteiger partial charge on any atom is -0.391 e. The molecule has 0 atom stereocenters. The summed E-state index contributed by atoms with van der Waals surface area (Å²) in [4.78, 5) is 7.82. The molecular weight excluding hydrogens is 308 g/mol. The Balaban J connectivity index is 2.31. The predicted octanol–water partition coefficient (Wildman–Crippen LogP) is 3.13. The predicted molar refractivity (Wildman–Crippen MR) is 98.3 cm³/mol. The van der Waals surface area contributed by atoms with Gasteiger partial charge in [-0.25, -0.2) is 0 Å². The Labute approximate surface area is 144 Å². The summed E-state index contributed by atoms with van der Waals surface area (Å²) >= 11 is 4.32. The van der Waals surface area contributed by atoms with Crippen LogP contribution in [0.4, 0.5) is 0 Å². The zero-order valence-electron chi connectivity index (χ0n) is 14.0. The maximum Gasteiger partial charge on any atom is 0.135 e. The van der Waals surface area contributed by atoms with Gasteiger partial charge in [-0.2, -0.15) is 12.6 Å². The summed E-state index contributed by atoms with van der Waals surface area (Å²) in [6, 6.07) is 8.34. The number of morpholine rings is 1. The molecule has 0 N–H and O–H groups in total. The van der Waals surface area contributed by atoms with Gasteiger partial charge in [-0.05, 0) is 19.4 Å². The van der Waals surface area contributed by atoms with Crippen molar-refractivity contribution in [2.75, 3.05) is 32.9 Å². The van der Waals surface area contributed by atoms with Gasteiger partial charge in [0, 0.05) is 24.4 Å². The molecule has 0 bridgehead atoms. The third-order valence-electron chi connectivity index (χ3n) is 4.14. The first-order valence-corrected chi connectivity index (χ1v) is 8.57. The Kier molecular flexibility index (Phi) is 6.69. The van der Waals surface area contributed by atoms with Gasteiger partial charge in [0.05, 0.1) is 18.8 Å². The van der Waals surface area contributed by atoms with Crippen molar-refractivity contribution in [3.63, 3.8) is 0 Å². The van der Waals surface area contributed by atoms with Gasteiger partial charge in [0.2, 0.25) is 0 Å². The standard InChI is InChI=1S/C18H26N2O2S/c1-4-11-22-19-17(16-7-5-15(14-23)6-8-16)18(2,3)20-9-12-21-13-10-20/h4-8,23H,1,9-14H2,2-3H3/b19-17-. The summed E-state index contributed by atoms with van der Waals surface area (Å²) in [7, 11) is 0. The Hall–Kier alpha value is -1.30. The summed E-state index contributed by atoms with van der Waals surface area (Å²) in [5.74, 6) is 0.729. The molecule has 0 saturated carbocycles. The minimum atomic E-state index is -0.243. The van der Waals surface area contributed by atoms with Crippen LogP contribution in [0.5, 0.6) is 0 Å². The number of rotatable bonds is 7. The molecule has 0 aromatic heterocycles. The molecule has 1 aromatic carbocycles. The molecule has 0 spiro atoms. The highest BCUT2D eigenvalue weighted by Gasteiger charge is 2.34. The topological polar surface area (TPSA) is 34.1 Å². The van der Waals surface area contributed by atoms with Crippen LogP contribution in [-0.2, 0) is 15.3 Å². The van der Waals surface area contributed by atoms with E-state index in [0.717, 1.165) is 43.3 Å². The summed E-state index contributed by atoms with van der Waals surface area (Å²) in [6.07, 6.45) is 1.70. The number of hydrogen-bond acceptors (Lipinski definition) is 5. The zero-order valence-corrected chi connectivity index (χ0v) is 14.9. The van der Waals surface area contributed by atoms with Crippen LogP contribution in [0.1, 0.15) is 25.0 Å². The molecule has 1 aliphatic rings. The van der Waals surface area contributed by atoms with E-state index < -0.39 is 0 Å². The van der Waals surface area contributed by atoms with E-state index >= 15 is 0 Å². The molecule has 126 valence electrons. The van der Waals surface area contributed by atoms with Crippen molar-refractivity contribution in [2.24, 2.45) is 5.16 Å². The SMILES string of the molecule is C=CCO/N=C(/c1ccc(CS)cc1)C(C)(C)N1CCOCC1. The van der Waals surface area contributed by atoms with Gasteiger partial charge in [-0.3, -0.25) is 4.90 Å². The molecule has 1 saturated heterocycles. The Morgan fingerprint density at radius 1 is 1.35 bits per heavy atom. The van der Waals surface area contributed by atoms with Gasteiger partial charge >= 0.3 is 0 Å². The Bertz CT molecular complexity index is 534. The molecule has 2 rings (SSSR count). The van der Waals surface area contributed by atoms with Crippen molar-refractivity contribution >= 4 is 18.3 Å². The van der Waals surface area contributed by atoms with E-state index in [-0.39, 0.29) is 5.54 Å². The number of nitrogens with zero attached hydrogens (tertiary/aromatic N) is 2. The zero-order chi connectivity index (χ0) is 16.7. The van der Waals surface area contributed by atoms with E-state index in [1.807, 2.05) is 0 Å². The first-order chi connectivity index (χ1) is 11.1. The summed E-state index contributed by atoms with van der Waals surface area (Å²) in [5.41, 5.74) is 2.93. The summed E-state index contributed by atoms with van der Waals surface area (Å²) in [6.45, 7) is 11.7. The minimum absolute atomic E-state index is 0.243. The van der Waals surface area contributed by atoms with E-state index in [9.17, 15) is 0 Å². The van der Waals surface area contributed by atoms with E-state index in [0.29, 0.717) is 6.61 Å². The smallest absolute Gasteiger partial charge is 0.135 e. The average molecular weight is 334 g/mol. The second-order valence-corrected chi connectivity index (χ2v) is 6.35. The fraction of sp³-hybridized carbons (Fsp3) is 0.500. The number of ether oxygens (including phenoxy) is 1. The fourth-order valence-corrected chi connectivity index (χ4v) is 2.92. The van der Waals surface area contributed by atoms with Crippen molar-refractivity contribution < 1.29 is 9.57 Å². The van der Waals surface area contributed by atoms with Crippen LogP contribution in [0.3, 0.4) is 0 Å². The van der Waals surface area contributed by atoms with Crippen LogP contribution in [0.25, 0.3) is 0 Å². The van der Waals surface area contributed by atoms with Crippen LogP contribution in [0.2, 0.25) is 0 Å². The lowest BCUT2D eigenvalue weighted by Gasteiger charge is -2.41. The molecule has 0 aliphatic carbocycles. The van der Waals surface area contributed by atoms with Gasteiger partial charge in [-0.15, -0.1) is 0 Å². The monoisotopic (exact) mass is 334 g/mol. The van der Waals surface area contributed by atoms with Gasteiger partial charge in [0.15, 0.2) is 0 Å². The van der Waals surface area contributed by atoms with Crippen LogP contribution in [0, 0.1) is 0 Å². The highest BCUT2D eigenvalue weighted by molar-refractivity contribution is 7.79. The number of thiol groups is 1. The molecule has 0 unspecified atom stereocenters. The molecule has 5 heteroatoms. The quantitative estimate of drug-likeness (QED) is 0.273. The van der Waals surface area contributed by atoms with Crippen molar-refractivity contribution in [3.8, 4) is 0 Å². The molecular formula is C18H26N2O2S. The van der Waals surface area contributed by atoms with Crippen LogP contribution < -0.4 is 0 Å². The van der Waals surface area contributed by atoms with Gasteiger partial charge < -0.3 is 9.57 Å². The second-order valence-electron chi connectivity index (χ2n) is 6.04. The summed E-state index contributed by atoms with van der Waals surface area (Å²) < 4.78 is 5.47. The van der Waals surface area contributed by atoms with E-state index in [2.05, 4.69) is 67.4 Å². The molecule has 4 nitrogen and oxygen atoms in total. The molecule has 1 fully saturated rings. The first kappa shape index (κ1) is 18.0. The molecule has 23 heavy (non-hydrogen) atoms. The largest absolute Gasteiger partial charge is 0.391 e. The Morgan fingerprint density at radius 3 is 2.57 bits per heavy atom. The van der Waals surface area contributed by atoms with Gasteiger partial charge in [-0.1, -0.05) is 42.1 Å². The first-order valence-electron chi connectivity index (χ1n) is 7.94. The fourth-order valence-electron chi connectivity index (χ4n) is 2.71. The van der Waals surface area contributed by atoms with Crippen molar-refractivity contribution in [3.05, 3.63) is 48.0 Å². The van der Waals surface area contributed by atoms with Crippen molar-refractivity contribution in [1.82, 2.24) is 4.90 Å². The third kappa shape index (κ3) is 4.59. The lowest BCUT2D eigenvalue weighted by Crippen LogP contribution is -2.54. The molecule has 1 aliphatic heterocycles. The molecule has 1 aromatic rings. The van der Waals surface area contributed by atoms with Gasteiger partial charge in [0.1, 0.15) is 12.3 Å². The maximum absolute atomic E-state index is 5.47. The molecule has 1 heterocycles. The van der Waals surface area contributed by atoms with E-state index in [1.54, 1.807) is 6.08 Å². The van der Waals surface area contributed by atoms with E-state index in [4.69, 9.17) is 9.57 Å². The van der Waals surface area contributed by atoms with Crippen LogP contribution in [0.15, 0.2) is 42.1 Å². The highest BCUT2D eigenvalue weighted by Crippen LogP contribution is 2.23. The molecule has 0 amide bonds. The van der Waals surface area contributed by atoms with E-state index in [1.165, 1.54) is 5.56 Å². The third-order valence-corrected chi connectivity index (χ3v) is 4.50. The van der Waals surface area contributed by atoms with Gasteiger partial charge in [0.25, 0.3) is 0 Å². The lowest BCUT2D eigenvalue weighted by atomic mass is 9.89. The Morgan fingerprint density at radius 2 is 2.00 bits per heavy atom. The number of hydrogen-bond donors (Lipinski definition) is 1. The normalized spacial score (nSPS) is 17.1. The van der Waals surface area contributed by atoms with Crippen molar-refractivity contribution in [2.45, 2.75) is 25.1 Å². The second kappa shape index (κ2) is 8.52.